The summed E-state index contributed by atoms with van der Waals surface area (Å²) in [6.07, 6.45) is 5.83. The molecule has 0 saturated carbocycles. The predicted octanol–water partition coefficient (Wildman–Crippen LogP) is 1.77. The molecule has 0 spiro atoms. The van der Waals surface area contributed by atoms with Gasteiger partial charge >= 0.3 is 0 Å². The molecule has 74 valence electrons. The Morgan fingerprint density at radius 1 is 1.54 bits per heavy atom. The highest BCUT2D eigenvalue weighted by molar-refractivity contribution is 5.83. The first-order chi connectivity index (χ1) is 5.89. The van der Waals surface area contributed by atoms with Gasteiger partial charge in [-0.25, -0.2) is 0 Å². The number of Topliss-reactive ketones (excluding diaryl/α,β-unsaturated/α-hetero) is 1. The highest BCUT2D eigenvalue weighted by atomic mass is 16.3. The molecule has 13 heavy (non-hydrogen) atoms. The summed E-state index contributed by atoms with van der Waals surface area (Å²) in [5, 5.41) is 9.55. The van der Waals surface area contributed by atoms with Gasteiger partial charge in [-0.15, -0.1) is 12.3 Å². The number of aliphatic hydroxyl groups excluding tert-OH is 1. The first-order valence-corrected chi connectivity index (χ1v) is 4.54. The summed E-state index contributed by atoms with van der Waals surface area (Å²) in [6, 6.07) is 0. The van der Waals surface area contributed by atoms with Crippen LogP contribution >= 0.6 is 0 Å². The van der Waals surface area contributed by atoms with Gasteiger partial charge < -0.3 is 5.11 Å². The first-order valence-electron chi connectivity index (χ1n) is 4.54. The number of carbonyl (C=O) groups is 1. The minimum Gasteiger partial charge on any atom is -0.385 e. The Morgan fingerprint density at radius 2 is 2.08 bits per heavy atom. The van der Waals surface area contributed by atoms with Gasteiger partial charge in [-0.05, 0) is 11.8 Å². The van der Waals surface area contributed by atoms with E-state index in [9.17, 15) is 9.90 Å². The normalized spacial score (nSPS) is 13.5. The van der Waals surface area contributed by atoms with Crippen molar-refractivity contribution in [3.63, 3.8) is 0 Å². The molecule has 0 amide bonds. The summed E-state index contributed by atoms with van der Waals surface area (Å²) in [5.41, 5.74) is -0.368. The highest BCUT2D eigenvalue weighted by Gasteiger charge is 2.27. The lowest BCUT2D eigenvalue weighted by Gasteiger charge is -2.24. The number of unbranched alkanes of at least 4 members (excludes halogenated alkanes) is 1. The van der Waals surface area contributed by atoms with Crippen molar-refractivity contribution in [2.45, 2.75) is 46.1 Å². The van der Waals surface area contributed by atoms with E-state index in [1.165, 1.54) is 0 Å². The molecule has 0 aliphatic rings. The molecule has 2 nitrogen and oxygen atoms in total. The Labute approximate surface area is 80.3 Å². The molecule has 0 radical (unpaired) electrons. The van der Waals surface area contributed by atoms with Crippen molar-refractivity contribution in [1.82, 2.24) is 0 Å². The number of rotatable bonds is 4. The molecule has 0 heterocycles. The van der Waals surface area contributed by atoms with Crippen LogP contribution in [0, 0.1) is 17.8 Å². The van der Waals surface area contributed by atoms with Crippen LogP contribution in [0.15, 0.2) is 0 Å². The number of hydrogen-bond acceptors (Lipinski definition) is 2. The van der Waals surface area contributed by atoms with Gasteiger partial charge in [0, 0.05) is 12.8 Å². The van der Waals surface area contributed by atoms with Crippen LogP contribution in [0.5, 0.6) is 0 Å². The summed E-state index contributed by atoms with van der Waals surface area (Å²) in [6.45, 7) is 5.53. The van der Waals surface area contributed by atoms with Gasteiger partial charge in [-0.3, -0.25) is 4.79 Å². The summed E-state index contributed by atoms with van der Waals surface area (Å²) in [4.78, 5) is 11.3. The lowest BCUT2D eigenvalue weighted by atomic mass is 9.85. The van der Waals surface area contributed by atoms with E-state index in [0.29, 0.717) is 19.3 Å². The van der Waals surface area contributed by atoms with Gasteiger partial charge in [0.05, 0.1) is 0 Å². The maximum atomic E-state index is 11.3. The average Bonchev–Trinajstić information content (AvgIpc) is 2.01. The van der Waals surface area contributed by atoms with Crippen LogP contribution in [0.2, 0.25) is 0 Å². The van der Waals surface area contributed by atoms with Crippen LogP contribution in [0.4, 0.5) is 0 Å². The monoisotopic (exact) mass is 182 g/mol. The van der Waals surface area contributed by atoms with Crippen LogP contribution < -0.4 is 0 Å². The molecule has 0 aromatic heterocycles. The zero-order valence-electron chi connectivity index (χ0n) is 8.63. The molecule has 0 rings (SSSR count). The van der Waals surface area contributed by atoms with Gasteiger partial charge in [0.25, 0.3) is 0 Å². The Bertz CT molecular complexity index is 205. The Morgan fingerprint density at radius 3 is 2.46 bits per heavy atom. The largest absolute Gasteiger partial charge is 0.385 e. The lowest BCUT2D eigenvalue weighted by molar-refractivity contribution is -0.132. The lowest BCUT2D eigenvalue weighted by Crippen LogP contribution is -2.34. The van der Waals surface area contributed by atoms with Crippen LogP contribution in [0.1, 0.15) is 40.0 Å². The summed E-state index contributed by atoms with van der Waals surface area (Å²) in [7, 11) is 0. The minimum atomic E-state index is -0.870. The molecule has 0 aromatic carbocycles. The second-order valence-electron chi connectivity index (χ2n) is 4.29. The fourth-order valence-electron chi connectivity index (χ4n) is 0.984. The number of terminal acetylenes is 1. The van der Waals surface area contributed by atoms with Crippen molar-refractivity contribution in [2.75, 3.05) is 0 Å². The van der Waals surface area contributed by atoms with Crippen molar-refractivity contribution in [2.24, 2.45) is 5.41 Å². The van der Waals surface area contributed by atoms with Crippen LogP contribution in [-0.2, 0) is 4.79 Å². The second-order valence-corrected chi connectivity index (χ2v) is 4.29. The molecular weight excluding hydrogens is 164 g/mol. The van der Waals surface area contributed by atoms with E-state index in [0.717, 1.165) is 0 Å². The Kier molecular flexibility index (Phi) is 4.72. The van der Waals surface area contributed by atoms with E-state index in [1.807, 2.05) is 20.8 Å². The van der Waals surface area contributed by atoms with Crippen molar-refractivity contribution < 1.29 is 9.90 Å². The molecule has 1 atom stereocenters. The third-order valence-electron chi connectivity index (χ3n) is 1.87. The molecule has 1 N–H and O–H groups in total. The van der Waals surface area contributed by atoms with E-state index in [2.05, 4.69) is 5.92 Å². The second kappa shape index (κ2) is 5.04. The van der Waals surface area contributed by atoms with E-state index in [-0.39, 0.29) is 11.2 Å². The van der Waals surface area contributed by atoms with Gasteiger partial charge in [0.1, 0.15) is 6.10 Å². The third kappa shape index (κ3) is 4.69. The average molecular weight is 182 g/mol. The molecule has 0 aliphatic carbocycles. The topological polar surface area (TPSA) is 37.3 Å². The molecule has 0 aliphatic heterocycles. The number of hydrogen-bond donors (Lipinski definition) is 1. The standard InChI is InChI=1S/C11H18O2/c1-5-6-7-8-9(12)10(13)11(2,3)4/h1,10,13H,6-8H2,2-4H3. The van der Waals surface area contributed by atoms with E-state index >= 15 is 0 Å². The number of aliphatic hydroxyl groups is 1. The van der Waals surface area contributed by atoms with Crippen molar-refractivity contribution >= 4 is 5.78 Å². The predicted molar refractivity (Wildman–Crippen MR) is 53.2 cm³/mol. The van der Waals surface area contributed by atoms with Crippen LogP contribution in [0.3, 0.4) is 0 Å². The molecular formula is C11H18O2. The summed E-state index contributed by atoms with van der Waals surface area (Å²) in [5.74, 6) is 2.36. The summed E-state index contributed by atoms with van der Waals surface area (Å²) < 4.78 is 0. The maximum Gasteiger partial charge on any atom is 0.161 e. The Balaban J connectivity index is 3.92. The zero-order valence-corrected chi connectivity index (χ0v) is 8.63. The van der Waals surface area contributed by atoms with Gasteiger partial charge in [-0.2, -0.15) is 0 Å². The summed E-state index contributed by atoms with van der Waals surface area (Å²) >= 11 is 0. The fraction of sp³-hybridized carbons (Fsp3) is 0.727. The third-order valence-corrected chi connectivity index (χ3v) is 1.87. The van der Waals surface area contributed by atoms with Gasteiger partial charge in [0.15, 0.2) is 5.78 Å². The quantitative estimate of drug-likeness (QED) is 0.531. The molecule has 2 heteroatoms. The molecule has 0 bridgehead atoms. The smallest absolute Gasteiger partial charge is 0.161 e. The molecule has 0 aromatic rings. The van der Waals surface area contributed by atoms with Crippen molar-refractivity contribution in [1.29, 1.82) is 0 Å². The van der Waals surface area contributed by atoms with Crippen molar-refractivity contribution in [3.05, 3.63) is 0 Å². The molecule has 1 unspecified atom stereocenters. The van der Waals surface area contributed by atoms with Crippen molar-refractivity contribution in [3.8, 4) is 12.3 Å². The van der Waals surface area contributed by atoms with Gasteiger partial charge in [0.2, 0.25) is 0 Å². The van der Waals surface area contributed by atoms with Crippen LogP contribution in [0.25, 0.3) is 0 Å². The van der Waals surface area contributed by atoms with Gasteiger partial charge in [-0.1, -0.05) is 20.8 Å². The zero-order chi connectivity index (χ0) is 10.5. The first kappa shape index (κ1) is 12.2. The number of ketones is 1. The van der Waals surface area contributed by atoms with E-state index in [1.54, 1.807) is 0 Å². The van der Waals surface area contributed by atoms with E-state index in [4.69, 9.17) is 6.42 Å². The highest BCUT2D eigenvalue weighted by Crippen LogP contribution is 2.21. The fourth-order valence-corrected chi connectivity index (χ4v) is 0.984. The minimum absolute atomic E-state index is 0.109. The molecule has 0 fully saturated rings. The van der Waals surface area contributed by atoms with Crippen LogP contribution in [-0.4, -0.2) is 17.0 Å². The maximum absolute atomic E-state index is 11.3. The SMILES string of the molecule is C#CCCCC(=O)C(O)C(C)(C)C. The van der Waals surface area contributed by atoms with E-state index < -0.39 is 6.10 Å². The molecule has 0 saturated heterocycles. The Hall–Kier alpha value is -0.810. The number of carbonyl (C=O) groups excluding carboxylic acids is 1.